The van der Waals surface area contributed by atoms with E-state index >= 15 is 0 Å². The predicted molar refractivity (Wildman–Crippen MR) is 72.1 cm³/mol. The van der Waals surface area contributed by atoms with Gasteiger partial charge in [-0.2, -0.15) is 0 Å². The van der Waals surface area contributed by atoms with Crippen molar-refractivity contribution in [2.24, 2.45) is 17.6 Å². The van der Waals surface area contributed by atoms with Crippen LogP contribution in [-0.4, -0.2) is 43.9 Å². The van der Waals surface area contributed by atoms with E-state index in [9.17, 15) is 4.79 Å². The van der Waals surface area contributed by atoms with Gasteiger partial charge in [-0.05, 0) is 31.2 Å². The average molecular weight is 260 g/mol. The van der Waals surface area contributed by atoms with Gasteiger partial charge < -0.3 is 20.9 Å². The van der Waals surface area contributed by atoms with Crippen molar-refractivity contribution >= 4 is 5.91 Å². The molecular formula is C13H28N2O3. The molecule has 0 aliphatic carbocycles. The Morgan fingerprint density at radius 1 is 1.39 bits per heavy atom. The number of aliphatic hydroxyl groups excluding tert-OH is 1. The molecule has 0 bridgehead atoms. The van der Waals surface area contributed by atoms with Gasteiger partial charge in [0.15, 0.2) is 0 Å². The lowest BCUT2D eigenvalue weighted by molar-refractivity contribution is -0.122. The van der Waals surface area contributed by atoms with E-state index in [2.05, 4.69) is 19.2 Å². The Morgan fingerprint density at radius 2 is 2.11 bits per heavy atom. The molecule has 0 aliphatic heterocycles. The SMILES string of the molecule is CC(C)C[C@H](CN)CC(=O)NCCCOCCO. The van der Waals surface area contributed by atoms with Gasteiger partial charge in [-0.1, -0.05) is 13.8 Å². The molecule has 0 aromatic heterocycles. The Labute approximate surface area is 110 Å². The summed E-state index contributed by atoms with van der Waals surface area (Å²) in [5.41, 5.74) is 5.66. The van der Waals surface area contributed by atoms with Crippen LogP contribution < -0.4 is 11.1 Å². The molecule has 0 saturated carbocycles. The number of aliphatic hydroxyl groups is 1. The summed E-state index contributed by atoms with van der Waals surface area (Å²) in [5, 5.41) is 11.4. The molecule has 0 spiro atoms. The number of rotatable bonds is 11. The quantitative estimate of drug-likeness (QED) is 0.473. The van der Waals surface area contributed by atoms with Crippen molar-refractivity contribution in [2.45, 2.75) is 33.1 Å². The van der Waals surface area contributed by atoms with E-state index in [0.29, 0.717) is 38.6 Å². The first-order valence-corrected chi connectivity index (χ1v) is 6.75. The van der Waals surface area contributed by atoms with Gasteiger partial charge in [0.2, 0.25) is 5.91 Å². The lowest BCUT2D eigenvalue weighted by atomic mass is 9.94. The number of ether oxygens (including phenoxy) is 1. The van der Waals surface area contributed by atoms with Crippen molar-refractivity contribution in [3.8, 4) is 0 Å². The van der Waals surface area contributed by atoms with Crippen molar-refractivity contribution in [1.82, 2.24) is 5.32 Å². The highest BCUT2D eigenvalue weighted by Crippen LogP contribution is 2.13. The molecule has 0 fully saturated rings. The van der Waals surface area contributed by atoms with Gasteiger partial charge in [0.05, 0.1) is 13.2 Å². The van der Waals surface area contributed by atoms with E-state index in [0.717, 1.165) is 12.8 Å². The minimum atomic E-state index is 0.0414. The largest absolute Gasteiger partial charge is 0.394 e. The van der Waals surface area contributed by atoms with Gasteiger partial charge in [-0.15, -0.1) is 0 Å². The molecule has 0 saturated heterocycles. The minimum absolute atomic E-state index is 0.0414. The molecule has 4 N–H and O–H groups in total. The summed E-state index contributed by atoms with van der Waals surface area (Å²) in [5.74, 6) is 0.905. The Bertz CT molecular complexity index is 210. The molecule has 0 rings (SSSR count). The highest BCUT2D eigenvalue weighted by Gasteiger charge is 2.13. The summed E-state index contributed by atoms with van der Waals surface area (Å²) in [7, 11) is 0. The molecule has 0 aromatic rings. The maximum atomic E-state index is 11.6. The van der Waals surface area contributed by atoms with Crippen LogP contribution >= 0.6 is 0 Å². The lowest BCUT2D eigenvalue weighted by Crippen LogP contribution is -2.30. The number of hydrogen-bond donors (Lipinski definition) is 3. The van der Waals surface area contributed by atoms with E-state index in [4.69, 9.17) is 15.6 Å². The van der Waals surface area contributed by atoms with E-state index in [1.54, 1.807) is 0 Å². The van der Waals surface area contributed by atoms with Crippen molar-refractivity contribution in [3.05, 3.63) is 0 Å². The van der Waals surface area contributed by atoms with E-state index < -0.39 is 0 Å². The van der Waals surface area contributed by atoms with Crippen LogP contribution in [0.3, 0.4) is 0 Å². The number of nitrogens with one attached hydrogen (secondary N) is 1. The molecule has 18 heavy (non-hydrogen) atoms. The minimum Gasteiger partial charge on any atom is -0.394 e. The Hall–Kier alpha value is -0.650. The molecule has 5 heteroatoms. The Kier molecular flexibility index (Phi) is 11.0. The van der Waals surface area contributed by atoms with Gasteiger partial charge in [-0.25, -0.2) is 0 Å². The highest BCUT2D eigenvalue weighted by atomic mass is 16.5. The molecule has 1 atom stereocenters. The summed E-state index contributed by atoms with van der Waals surface area (Å²) in [6.45, 7) is 6.41. The lowest BCUT2D eigenvalue weighted by Gasteiger charge is -2.16. The number of carbonyl (C=O) groups excluding carboxylic acids is 1. The summed E-state index contributed by atoms with van der Waals surface area (Å²) >= 11 is 0. The standard InChI is InChI=1S/C13H28N2O3/c1-11(2)8-12(10-14)9-13(17)15-4-3-6-18-7-5-16/h11-12,16H,3-10,14H2,1-2H3,(H,15,17)/t12-/m0/s1. The molecular weight excluding hydrogens is 232 g/mol. The smallest absolute Gasteiger partial charge is 0.220 e. The van der Waals surface area contributed by atoms with E-state index in [1.165, 1.54) is 0 Å². The fraction of sp³-hybridized carbons (Fsp3) is 0.923. The van der Waals surface area contributed by atoms with Crippen LogP contribution in [0.5, 0.6) is 0 Å². The summed E-state index contributed by atoms with van der Waals surface area (Å²) in [6.07, 6.45) is 2.26. The Morgan fingerprint density at radius 3 is 2.67 bits per heavy atom. The second-order valence-electron chi connectivity index (χ2n) is 4.97. The van der Waals surface area contributed by atoms with Gasteiger partial charge in [0, 0.05) is 19.6 Å². The average Bonchev–Trinajstić information content (AvgIpc) is 2.32. The van der Waals surface area contributed by atoms with Crippen LogP contribution in [0.25, 0.3) is 0 Å². The van der Waals surface area contributed by atoms with Gasteiger partial charge >= 0.3 is 0 Å². The Balaban J connectivity index is 3.56. The topological polar surface area (TPSA) is 84.6 Å². The zero-order valence-electron chi connectivity index (χ0n) is 11.7. The zero-order valence-corrected chi connectivity index (χ0v) is 11.7. The predicted octanol–water partition coefficient (Wildman–Crippen LogP) is 0.513. The van der Waals surface area contributed by atoms with Crippen LogP contribution in [0.4, 0.5) is 0 Å². The first-order chi connectivity index (χ1) is 8.60. The third-order valence-electron chi connectivity index (χ3n) is 2.64. The zero-order chi connectivity index (χ0) is 13.8. The molecule has 0 heterocycles. The highest BCUT2D eigenvalue weighted by molar-refractivity contribution is 5.76. The van der Waals surface area contributed by atoms with Crippen LogP contribution in [0, 0.1) is 11.8 Å². The van der Waals surface area contributed by atoms with E-state index in [1.807, 2.05) is 0 Å². The number of carbonyl (C=O) groups is 1. The molecule has 0 aromatic carbocycles. The normalized spacial score (nSPS) is 12.7. The number of hydrogen-bond acceptors (Lipinski definition) is 4. The van der Waals surface area contributed by atoms with Gasteiger partial charge in [0.1, 0.15) is 0 Å². The van der Waals surface area contributed by atoms with E-state index in [-0.39, 0.29) is 18.4 Å². The first kappa shape index (κ1) is 17.4. The summed E-state index contributed by atoms with van der Waals surface area (Å²) in [4.78, 5) is 11.6. The second-order valence-corrected chi connectivity index (χ2v) is 4.97. The maximum absolute atomic E-state index is 11.6. The molecule has 5 nitrogen and oxygen atoms in total. The maximum Gasteiger partial charge on any atom is 0.220 e. The molecule has 0 unspecified atom stereocenters. The van der Waals surface area contributed by atoms with Gasteiger partial charge in [-0.3, -0.25) is 4.79 Å². The van der Waals surface area contributed by atoms with Crippen LogP contribution in [0.1, 0.15) is 33.1 Å². The van der Waals surface area contributed by atoms with Crippen LogP contribution in [0.2, 0.25) is 0 Å². The van der Waals surface area contributed by atoms with Crippen molar-refractivity contribution in [1.29, 1.82) is 0 Å². The molecule has 1 amide bonds. The van der Waals surface area contributed by atoms with Crippen molar-refractivity contribution < 1.29 is 14.6 Å². The first-order valence-electron chi connectivity index (χ1n) is 6.75. The van der Waals surface area contributed by atoms with Crippen LogP contribution in [-0.2, 0) is 9.53 Å². The number of nitrogens with two attached hydrogens (primary N) is 1. The van der Waals surface area contributed by atoms with Gasteiger partial charge in [0.25, 0.3) is 0 Å². The fourth-order valence-corrected chi connectivity index (χ4v) is 1.83. The molecule has 0 radical (unpaired) electrons. The van der Waals surface area contributed by atoms with Crippen molar-refractivity contribution in [2.75, 3.05) is 32.9 Å². The van der Waals surface area contributed by atoms with Crippen LogP contribution in [0.15, 0.2) is 0 Å². The fourth-order valence-electron chi connectivity index (χ4n) is 1.83. The summed E-state index contributed by atoms with van der Waals surface area (Å²) < 4.78 is 5.10. The molecule has 0 aliphatic rings. The number of amides is 1. The third kappa shape index (κ3) is 10.5. The summed E-state index contributed by atoms with van der Waals surface area (Å²) in [6, 6.07) is 0. The monoisotopic (exact) mass is 260 g/mol. The third-order valence-corrected chi connectivity index (χ3v) is 2.64. The molecule has 108 valence electrons. The second kappa shape index (κ2) is 11.4. The van der Waals surface area contributed by atoms with Crippen molar-refractivity contribution in [3.63, 3.8) is 0 Å².